The second kappa shape index (κ2) is 11.4. The molecule has 0 amide bonds. The van der Waals surface area contributed by atoms with Crippen molar-refractivity contribution in [2.24, 2.45) is 4.99 Å². The molecule has 27 heavy (non-hydrogen) atoms. The fourth-order valence-corrected chi connectivity index (χ4v) is 3.27. The van der Waals surface area contributed by atoms with Crippen molar-refractivity contribution in [3.63, 3.8) is 0 Å². The van der Waals surface area contributed by atoms with Crippen molar-refractivity contribution in [3.05, 3.63) is 53.7 Å². The highest BCUT2D eigenvalue weighted by molar-refractivity contribution is 14.0. The molecule has 1 aromatic carbocycles. The summed E-state index contributed by atoms with van der Waals surface area (Å²) < 4.78 is 17.9. The van der Waals surface area contributed by atoms with Crippen LogP contribution in [0.3, 0.4) is 0 Å². The lowest BCUT2D eigenvalue weighted by Gasteiger charge is -2.13. The van der Waals surface area contributed by atoms with Gasteiger partial charge < -0.3 is 15.1 Å². The third-order valence-corrected chi connectivity index (χ3v) is 5.03. The van der Waals surface area contributed by atoms with E-state index in [1.165, 1.54) is 0 Å². The van der Waals surface area contributed by atoms with E-state index in [1.54, 1.807) is 13.2 Å². The molecule has 8 heteroatoms. The van der Waals surface area contributed by atoms with E-state index < -0.39 is 10.8 Å². The summed E-state index contributed by atoms with van der Waals surface area (Å²) in [7, 11) is 0.789. The topological polar surface area (TPSA) is 79.5 Å². The number of nitrogens with zero attached hydrogens (tertiary/aromatic N) is 2. The largest absolute Gasteiger partial charge is 0.443 e. The molecule has 1 unspecified atom stereocenters. The van der Waals surface area contributed by atoms with Crippen molar-refractivity contribution < 1.29 is 8.63 Å². The molecular weight excluding hydrogens is 475 g/mol. The van der Waals surface area contributed by atoms with E-state index in [4.69, 9.17) is 4.42 Å². The summed E-state index contributed by atoms with van der Waals surface area (Å²) in [5, 5.41) is 6.33. The van der Waals surface area contributed by atoms with Crippen molar-refractivity contribution in [1.82, 2.24) is 15.6 Å². The number of nitrogens with one attached hydrogen (secondary N) is 2. The minimum Gasteiger partial charge on any atom is -0.443 e. The van der Waals surface area contributed by atoms with Crippen LogP contribution in [0.5, 0.6) is 0 Å². The van der Waals surface area contributed by atoms with E-state index in [-0.39, 0.29) is 29.4 Å². The summed E-state index contributed by atoms with van der Waals surface area (Å²) in [6.45, 7) is 7.28. The fourth-order valence-electron chi connectivity index (χ4n) is 2.23. The monoisotopic (exact) mass is 504 g/mol. The average Bonchev–Trinajstić information content (AvgIpc) is 3.08. The third-order valence-electron chi connectivity index (χ3n) is 3.72. The second-order valence-electron chi connectivity index (χ2n) is 6.99. The van der Waals surface area contributed by atoms with E-state index in [1.807, 2.05) is 30.3 Å². The van der Waals surface area contributed by atoms with Crippen LogP contribution < -0.4 is 10.6 Å². The molecule has 0 saturated heterocycles. The SMILES string of the molecule is CN=C(NCCS(=O)Cc1ccccc1)NCc1ncc(C(C)(C)C)o1.I. The van der Waals surface area contributed by atoms with Crippen molar-refractivity contribution in [2.45, 2.75) is 38.5 Å². The number of aliphatic imine (C=N–C) groups is 1. The van der Waals surface area contributed by atoms with Gasteiger partial charge in [-0.1, -0.05) is 51.1 Å². The molecule has 0 saturated carbocycles. The van der Waals surface area contributed by atoms with E-state index in [0.717, 1.165) is 11.3 Å². The number of oxazole rings is 1. The average molecular weight is 504 g/mol. The Morgan fingerprint density at radius 1 is 1.22 bits per heavy atom. The van der Waals surface area contributed by atoms with Gasteiger partial charge >= 0.3 is 0 Å². The smallest absolute Gasteiger partial charge is 0.213 e. The highest BCUT2D eigenvalue weighted by Crippen LogP contribution is 2.22. The molecule has 0 radical (unpaired) electrons. The number of hydrogen-bond acceptors (Lipinski definition) is 4. The van der Waals surface area contributed by atoms with E-state index in [0.29, 0.717) is 36.4 Å². The van der Waals surface area contributed by atoms with Crippen LogP contribution in [0.4, 0.5) is 0 Å². The Morgan fingerprint density at radius 3 is 2.52 bits per heavy atom. The lowest BCUT2D eigenvalue weighted by atomic mass is 9.94. The Bertz CT molecular complexity index is 742. The fraction of sp³-hybridized carbons (Fsp3) is 0.474. The lowest BCUT2D eigenvalue weighted by molar-refractivity contribution is 0.379. The van der Waals surface area contributed by atoms with E-state index in [9.17, 15) is 4.21 Å². The molecule has 1 aromatic heterocycles. The summed E-state index contributed by atoms with van der Waals surface area (Å²) in [5.74, 6) is 3.24. The molecule has 0 aliphatic heterocycles. The number of hydrogen-bond donors (Lipinski definition) is 2. The zero-order valence-electron chi connectivity index (χ0n) is 16.3. The van der Waals surface area contributed by atoms with Crippen molar-refractivity contribution in [3.8, 4) is 0 Å². The van der Waals surface area contributed by atoms with Gasteiger partial charge in [0.25, 0.3) is 0 Å². The summed E-state index contributed by atoms with van der Waals surface area (Å²) in [4.78, 5) is 8.45. The van der Waals surface area contributed by atoms with Crippen LogP contribution in [0.1, 0.15) is 38.0 Å². The Hall–Kier alpha value is -1.42. The molecule has 6 nitrogen and oxygen atoms in total. The summed E-state index contributed by atoms with van der Waals surface area (Å²) >= 11 is 0. The maximum Gasteiger partial charge on any atom is 0.213 e. The molecule has 150 valence electrons. The number of aromatic nitrogens is 1. The van der Waals surface area contributed by atoms with Crippen LogP contribution in [0, 0.1) is 0 Å². The Morgan fingerprint density at radius 2 is 1.93 bits per heavy atom. The van der Waals surface area contributed by atoms with Gasteiger partial charge in [0.15, 0.2) is 5.96 Å². The maximum atomic E-state index is 12.1. The molecule has 1 heterocycles. The van der Waals surface area contributed by atoms with Crippen LogP contribution in [0.25, 0.3) is 0 Å². The van der Waals surface area contributed by atoms with Crippen molar-refractivity contribution in [2.75, 3.05) is 19.3 Å². The van der Waals surface area contributed by atoms with Gasteiger partial charge in [0.2, 0.25) is 5.89 Å². The quantitative estimate of drug-likeness (QED) is 0.344. The zero-order chi connectivity index (χ0) is 19.0. The Labute approximate surface area is 181 Å². The van der Waals surface area contributed by atoms with Gasteiger partial charge in [-0.2, -0.15) is 0 Å². The first-order chi connectivity index (χ1) is 12.4. The van der Waals surface area contributed by atoms with Gasteiger partial charge in [-0.3, -0.25) is 9.20 Å². The first-order valence-electron chi connectivity index (χ1n) is 8.67. The highest BCUT2D eigenvalue weighted by Gasteiger charge is 2.19. The van der Waals surface area contributed by atoms with Gasteiger partial charge in [-0.05, 0) is 5.56 Å². The van der Waals surface area contributed by atoms with Crippen LogP contribution in [0.15, 0.2) is 45.9 Å². The van der Waals surface area contributed by atoms with Gasteiger partial charge in [0, 0.05) is 41.3 Å². The van der Waals surface area contributed by atoms with Crippen LogP contribution in [0.2, 0.25) is 0 Å². The van der Waals surface area contributed by atoms with Gasteiger partial charge in [-0.25, -0.2) is 4.98 Å². The van der Waals surface area contributed by atoms with Crippen molar-refractivity contribution >= 4 is 40.7 Å². The molecule has 2 rings (SSSR count). The number of halogens is 1. The molecule has 2 aromatic rings. The predicted molar refractivity (Wildman–Crippen MR) is 122 cm³/mol. The van der Waals surface area contributed by atoms with Crippen molar-refractivity contribution in [1.29, 1.82) is 0 Å². The normalized spacial score (nSPS) is 13.0. The Kier molecular flexibility index (Phi) is 10.00. The third kappa shape index (κ3) is 8.42. The molecule has 1 atom stereocenters. The molecule has 0 bridgehead atoms. The predicted octanol–water partition coefficient (Wildman–Crippen LogP) is 3.20. The minimum atomic E-state index is -0.912. The standard InChI is InChI=1S/C19H28N4O2S.HI/c1-19(2,3)16-12-22-17(25-16)13-23-18(20-4)21-10-11-26(24)14-15-8-6-5-7-9-15;/h5-9,12H,10-11,13-14H2,1-4H3,(H2,20,21,23);1H. The van der Waals surface area contributed by atoms with Crippen LogP contribution >= 0.6 is 24.0 Å². The molecule has 0 fully saturated rings. The zero-order valence-corrected chi connectivity index (χ0v) is 19.5. The molecule has 0 aliphatic carbocycles. The Balaban J connectivity index is 0.00000364. The minimum absolute atomic E-state index is 0. The molecule has 2 N–H and O–H groups in total. The summed E-state index contributed by atoms with van der Waals surface area (Å²) in [6, 6.07) is 9.87. The highest BCUT2D eigenvalue weighted by atomic mass is 127. The number of guanidine groups is 1. The van der Waals surface area contributed by atoms with E-state index >= 15 is 0 Å². The molecule has 0 aliphatic rings. The van der Waals surface area contributed by atoms with Gasteiger partial charge in [-0.15, -0.1) is 24.0 Å². The van der Waals surface area contributed by atoms with Gasteiger partial charge in [0.05, 0.1) is 12.7 Å². The first-order valence-corrected chi connectivity index (χ1v) is 10.2. The second-order valence-corrected chi connectivity index (χ2v) is 8.57. The first kappa shape index (κ1) is 23.6. The molecular formula is C19H29IN4O2S. The summed E-state index contributed by atoms with van der Waals surface area (Å²) in [5.41, 5.74) is 1.03. The molecule has 0 spiro atoms. The van der Waals surface area contributed by atoms with Gasteiger partial charge in [0.1, 0.15) is 5.76 Å². The summed E-state index contributed by atoms with van der Waals surface area (Å²) in [6.07, 6.45) is 1.76. The number of benzene rings is 1. The van der Waals surface area contributed by atoms with Crippen LogP contribution in [-0.4, -0.2) is 34.5 Å². The van der Waals surface area contributed by atoms with Crippen LogP contribution in [-0.2, 0) is 28.5 Å². The maximum absolute atomic E-state index is 12.1. The van der Waals surface area contributed by atoms with E-state index in [2.05, 4.69) is 41.4 Å². The lowest BCUT2D eigenvalue weighted by Crippen LogP contribution is -2.38. The number of rotatable bonds is 7.